The van der Waals surface area contributed by atoms with E-state index in [4.69, 9.17) is 11.6 Å². The van der Waals surface area contributed by atoms with Crippen LogP contribution in [-0.4, -0.2) is 23.2 Å². The van der Waals surface area contributed by atoms with Gasteiger partial charge in [-0.3, -0.25) is 14.6 Å². The van der Waals surface area contributed by atoms with E-state index in [9.17, 15) is 9.59 Å². The molecular weight excluding hydrogens is 506 g/mol. The van der Waals surface area contributed by atoms with Crippen LogP contribution in [0.4, 0.5) is 14.5 Å². The maximum Gasteiger partial charge on any atom is 0.258 e. The fourth-order valence-electron chi connectivity index (χ4n) is 5.49. The van der Waals surface area contributed by atoms with Crippen LogP contribution in [0.5, 0.6) is 0 Å². The molecule has 3 aromatic rings. The first-order valence-electron chi connectivity index (χ1n) is 12.8. The fourth-order valence-corrected chi connectivity index (χ4v) is 5.73. The highest BCUT2D eigenvalue weighted by molar-refractivity contribution is 6.34. The Labute approximate surface area is 225 Å². The number of ketones is 1. The quantitative estimate of drug-likeness (QED) is 0.339. The molecule has 1 aromatic heterocycles. The van der Waals surface area contributed by atoms with Gasteiger partial charge in [0.05, 0.1) is 16.3 Å². The van der Waals surface area contributed by atoms with E-state index in [0.717, 1.165) is 12.0 Å². The highest BCUT2D eigenvalue weighted by Crippen LogP contribution is 2.43. The summed E-state index contributed by atoms with van der Waals surface area (Å²) in [7, 11) is 0. The van der Waals surface area contributed by atoms with Crippen LogP contribution in [0.15, 0.2) is 84.2 Å². The molecule has 2 aromatic carbocycles. The van der Waals surface area contributed by atoms with Gasteiger partial charge >= 0.3 is 0 Å². The number of aromatic nitrogens is 1. The van der Waals surface area contributed by atoms with Crippen molar-refractivity contribution in [1.82, 2.24) is 4.98 Å². The van der Waals surface area contributed by atoms with Crippen molar-refractivity contribution in [3.05, 3.63) is 112 Å². The molecule has 0 spiro atoms. The predicted molar refractivity (Wildman–Crippen MR) is 145 cm³/mol. The molecule has 194 valence electrons. The molecule has 2 aliphatic rings. The Morgan fingerprint density at radius 1 is 0.974 bits per heavy atom. The number of amides is 1. The van der Waals surface area contributed by atoms with Gasteiger partial charge < -0.3 is 4.90 Å². The predicted octanol–water partition coefficient (Wildman–Crippen LogP) is 7.13. The van der Waals surface area contributed by atoms with Gasteiger partial charge in [0.1, 0.15) is 11.6 Å². The molecule has 4 nitrogen and oxygen atoms in total. The monoisotopic (exact) mass is 532 g/mol. The largest absolute Gasteiger partial charge is 0.307 e. The minimum Gasteiger partial charge on any atom is -0.307 e. The van der Waals surface area contributed by atoms with Crippen LogP contribution in [0.1, 0.15) is 43.2 Å². The summed E-state index contributed by atoms with van der Waals surface area (Å²) in [5.74, 6) is -2.57. The third-order valence-electron chi connectivity index (χ3n) is 7.21. The minimum absolute atomic E-state index is 0.0752. The number of aryl methyl sites for hydroxylation is 1. The Bertz CT molecular complexity index is 1410. The van der Waals surface area contributed by atoms with Crippen LogP contribution in [0, 0.1) is 17.6 Å². The molecule has 7 heteroatoms. The van der Waals surface area contributed by atoms with Crippen molar-refractivity contribution in [3.63, 3.8) is 0 Å². The zero-order valence-corrected chi connectivity index (χ0v) is 21.6. The molecule has 1 saturated heterocycles. The molecule has 0 bridgehead atoms. The molecule has 0 N–H and O–H groups in total. The van der Waals surface area contributed by atoms with Crippen molar-refractivity contribution in [2.24, 2.45) is 5.92 Å². The lowest BCUT2D eigenvalue weighted by Crippen LogP contribution is -2.32. The number of benzene rings is 2. The number of carbonyl (C=O) groups excluding carboxylic acids is 2. The molecule has 38 heavy (non-hydrogen) atoms. The van der Waals surface area contributed by atoms with Gasteiger partial charge in [0.2, 0.25) is 0 Å². The molecule has 1 aliphatic carbocycles. The van der Waals surface area contributed by atoms with Gasteiger partial charge in [-0.15, -0.1) is 0 Å². The number of halogens is 3. The summed E-state index contributed by atoms with van der Waals surface area (Å²) < 4.78 is 30.7. The maximum absolute atomic E-state index is 15.4. The van der Waals surface area contributed by atoms with Crippen LogP contribution in [0.3, 0.4) is 0 Å². The summed E-state index contributed by atoms with van der Waals surface area (Å²) >= 11 is 6.46. The van der Waals surface area contributed by atoms with Gasteiger partial charge in [0.25, 0.3) is 5.91 Å². The number of carbonyl (C=O) groups is 2. The van der Waals surface area contributed by atoms with E-state index in [1.807, 2.05) is 12.1 Å². The minimum atomic E-state index is -0.748. The van der Waals surface area contributed by atoms with Gasteiger partial charge in [-0.1, -0.05) is 29.8 Å². The molecule has 1 amide bonds. The summed E-state index contributed by atoms with van der Waals surface area (Å²) in [6.45, 7) is 0.372. The molecule has 1 unspecified atom stereocenters. The van der Waals surface area contributed by atoms with E-state index >= 15 is 8.78 Å². The summed E-state index contributed by atoms with van der Waals surface area (Å²) in [5.41, 5.74) is 2.41. The van der Waals surface area contributed by atoms with Crippen LogP contribution < -0.4 is 4.90 Å². The van der Waals surface area contributed by atoms with E-state index in [-0.39, 0.29) is 28.9 Å². The lowest BCUT2D eigenvalue weighted by molar-refractivity contribution is -0.115. The van der Waals surface area contributed by atoms with E-state index < -0.39 is 23.5 Å². The first kappa shape index (κ1) is 26.0. The Morgan fingerprint density at radius 2 is 1.71 bits per heavy atom. The average Bonchev–Trinajstić information content (AvgIpc) is 3.13. The van der Waals surface area contributed by atoms with Crippen molar-refractivity contribution in [1.29, 1.82) is 0 Å². The number of pyridine rings is 1. The summed E-state index contributed by atoms with van der Waals surface area (Å²) in [4.78, 5) is 33.0. The van der Waals surface area contributed by atoms with Crippen molar-refractivity contribution in [2.45, 2.75) is 38.5 Å². The van der Waals surface area contributed by atoms with Gasteiger partial charge in [0, 0.05) is 30.9 Å². The summed E-state index contributed by atoms with van der Waals surface area (Å²) in [6, 6.07) is 14.6. The van der Waals surface area contributed by atoms with E-state index in [0.29, 0.717) is 48.5 Å². The van der Waals surface area contributed by atoms with Gasteiger partial charge in [0.15, 0.2) is 5.78 Å². The molecule has 1 atom stereocenters. The smallest absolute Gasteiger partial charge is 0.258 e. The van der Waals surface area contributed by atoms with Crippen molar-refractivity contribution < 1.29 is 18.4 Å². The zero-order valence-electron chi connectivity index (χ0n) is 20.8. The first-order valence-corrected chi connectivity index (χ1v) is 13.2. The van der Waals surface area contributed by atoms with Crippen LogP contribution in [0.25, 0.3) is 5.57 Å². The molecule has 1 fully saturated rings. The molecule has 0 saturated carbocycles. The van der Waals surface area contributed by atoms with Crippen LogP contribution >= 0.6 is 11.6 Å². The number of para-hydroxylation sites is 1. The van der Waals surface area contributed by atoms with E-state index in [1.54, 1.807) is 41.6 Å². The summed E-state index contributed by atoms with van der Waals surface area (Å²) in [6.07, 6.45) is 7.92. The number of hydrogen-bond acceptors (Lipinski definition) is 3. The third kappa shape index (κ3) is 5.32. The van der Waals surface area contributed by atoms with Gasteiger partial charge in [-0.05, 0) is 97.2 Å². The number of hydrogen-bond donors (Lipinski definition) is 0. The van der Waals surface area contributed by atoms with Crippen molar-refractivity contribution >= 4 is 34.6 Å². The molecule has 0 radical (unpaired) electrons. The first-order chi connectivity index (χ1) is 18.4. The second-order valence-corrected chi connectivity index (χ2v) is 10.1. The second kappa shape index (κ2) is 11.4. The topological polar surface area (TPSA) is 50.3 Å². The maximum atomic E-state index is 15.4. The van der Waals surface area contributed by atoms with Crippen LogP contribution in [0.2, 0.25) is 5.02 Å². The standard InChI is InChI=1S/C31H27ClF2N2O2/c32-24-9-1-2-12-27(24)36-17-5-8-22-19-23(37)18-21(7-3-6-20-13-15-35-16-14-20)28(29(22)31(36)38)30-25(33)10-4-11-26(30)34/h1-2,4,9-16,19,21H,3,5-8,17-18H2. The van der Waals surface area contributed by atoms with Crippen molar-refractivity contribution in [2.75, 3.05) is 11.4 Å². The lowest BCUT2D eigenvalue weighted by atomic mass is 9.81. The average molecular weight is 533 g/mol. The normalized spacial score (nSPS) is 18.1. The number of allylic oxidation sites excluding steroid dienone is 2. The number of anilines is 1. The fraction of sp³-hybridized carbons (Fsp3) is 0.258. The van der Waals surface area contributed by atoms with E-state index in [1.165, 1.54) is 24.3 Å². The number of fused-ring (bicyclic) bond motifs is 1. The SMILES string of the molecule is O=C1C=C2CCCN(c3ccccc3Cl)C(=O)C2=C(c2c(F)cccc2F)C(CCCc2ccncc2)C1. The molecule has 2 heterocycles. The second-order valence-electron chi connectivity index (χ2n) is 9.68. The molecular formula is C31H27ClF2N2O2. The number of nitrogens with zero attached hydrogens (tertiary/aromatic N) is 2. The van der Waals surface area contributed by atoms with Crippen molar-refractivity contribution in [3.8, 4) is 0 Å². The number of rotatable bonds is 6. The Kier molecular flexibility index (Phi) is 7.79. The molecule has 1 aliphatic heterocycles. The molecule has 5 rings (SSSR count). The highest BCUT2D eigenvalue weighted by atomic mass is 35.5. The summed E-state index contributed by atoms with van der Waals surface area (Å²) in [5, 5.41) is 0.408. The zero-order chi connectivity index (χ0) is 26.6. The van der Waals surface area contributed by atoms with E-state index in [2.05, 4.69) is 4.98 Å². The third-order valence-corrected chi connectivity index (χ3v) is 7.53. The Balaban J connectivity index is 1.65. The lowest BCUT2D eigenvalue weighted by Gasteiger charge is -2.27. The van der Waals surface area contributed by atoms with Crippen LogP contribution in [-0.2, 0) is 16.0 Å². The Morgan fingerprint density at radius 3 is 2.45 bits per heavy atom. The highest BCUT2D eigenvalue weighted by Gasteiger charge is 2.37. The Hall–Kier alpha value is -3.64. The van der Waals surface area contributed by atoms with Gasteiger partial charge in [-0.25, -0.2) is 8.78 Å². The van der Waals surface area contributed by atoms with Gasteiger partial charge in [-0.2, -0.15) is 0 Å².